The molecule has 0 spiro atoms. The van der Waals surface area contributed by atoms with Gasteiger partial charge in [-0.25, -0.2) is 4.98 Å². The van der Waals surface area contributed by atoms with E-state index in [-0.39, 0.29) is 6.54 Å². The monoisotopic (exact) mass is 530 g/mol. The Balaban J connectivity index is 1.79. The van der Waals surface area contributed by atoms with Crippen LogP contribution in [0.5, 0.6) is 0 Å². The van der Waals surface area contributed by atoms with Crippen molar-refractivity contribution >= 4 is 39.8 Å². The van der Waals surface area contributed by atoms with Gasteiger partial charge in [-0.2, -0.15) is 0 Å². The highest BCUT2D eigenvalue weighted by Gasteiger charge is 2.19. The number of imidazole rings is 1. The second-order valence-electron chi connectivity index (χ2n) is 9.37. The van der Waals surface area contributed by atoms with Crippen LogP contribution >= 0.6 is 11.6 Å². The molecule has 1 atom stereocenters. The minimum absolute atomic E-state index is 0.180. The number of fused-ring (bicyclic) bond motifs is 1. The van der Waals surface area contributed by atoms with Crippen molar-refractivity contribution in [3.63, 3.8) is 0 Å². The van der Waals surface area contributed by atoms with Gasteiger partial charge in [0.25, 0.3) is 5.91 Å². The number of aryl methyl sites for hydroxylation is 2. The van der Waals surface area contributed by atoms with E-state index in [4.69, 9.17) is 11.6 Å². The summed E-state index contributed by atoms with van der Waals surface area (Å²) in [6, 6.07) is 11.4. The first-order valence-electron chi connectivity index (χ1n) is 13.0. The minimum Gasteiger partial charge on any atom is -0.755 e. The summed E-state index contributed by atoms with van der Waals surface area (Å²) in [5.41, 5.74) is 4.08. The standard InChI is InChI=1S/C28H38ClN3O3S/c1-4-6-8-9-10-12-22-13-14-24(25(29)18-22)20-31-21(3)30-26-16-15-23(19-27(26)31)28(33)32(36(34)35)17-11-7-5-2/h13-16,18-19H,4-12,17,20H2,1-3H3,(H,34,35)/p-1. The Bertz CT molecular complexity index is 1190. The zero-order chi connectivity index (χ0) is 26.1. The van der Waals surface area contributed by atoms with E-state index in [1.54, 1.807) is 18.2 Å². The molecule has 0 bridgehead atoms. The third-order valence-corrected chi connectivity index (χ3v) is 7.63. The van der Waals surface area contributed by atoms with Crippen LogP contribution < -0.4 is 0 Å². The van der Waals surface area contributed by atoms with Crippen LogP contribution in [0.15, 0.2) is 36.4 Å². The molecule has 0 saturated heterocycles. The molecule has 8 heteroatoms. The number of halogens is 1. The van der Waals surface area contributed by atoms with E-state index in [0.29, 0.717) is 18.5 Å². The van der Waals surface area contributed by atoms with Crippen molar-refractivity contribution in [2.24, 2.45) is 0 Å². The number of hydrogen-bond acceptors (Lipinski definition) is 4. The highest BCUT2D eigenvalue weighted by Crippen LogP contribution is 2.25. The van der Waals surface area contributed by atoms with Crippen LogP contribution in [-0.2, 0) is 24.2 Å². The number of unbranched alkanes of at least 4 members (excludes halogenated alkanes) is 6. The smallest absolute Gasteiger partial charge is 0.264 e. The lowest BCUT2D eigenvalue weighted by molar-refractivity contribution is 0.0857. The zero-order valence-electron chi connectivity index (χ0n) is 21.6. The molecule has 0 saturated carbocycles. The van der Waals surface area contributed by atoms with Gasteiger partial charge in [-0.1, -0.05) is 76.1 Å². The second kappa shape index (κ2) is 13.9. The van der Waals surface area contributed by atoms with Gasteiger partial charge in [0.15, 0.2) is 0 Å². The lowest BCUT2D eigenvalue weighted by Crippen LogP contribution is -2.33. The van der Waals surface area contributed by atoms with Crippen LogP contribution in [0, 0.1) is 6.92 Å². The number of nitrogens with zero attached hydrogens (tertiary/aromatic N) is 3. The Morgan fingerprint density at radius 3 is 2.44 bits per heavy atom. The molecular weight excluding hydrogens is 494 g/mol. The molecule has 0 N–H and O–H groups in total. The number of carbonyl (C=O) groups is 1. The van der Waals surface area contributed by atoms with Gasteiger partial charge in [0, 0.05) is 28.4 Å². The Morgan fingerprint density at radius 2 is 1.75 bits per heavy atom. The first kappa shape index (κ1) is 28.4. The number of hydrogen-bond donors (Lipinski definition) is 0. The summed E-state index contributed by atoms with van der Waals surface area (Å²) in [5, 5.41) is 0.721. The molecule has 6 nitrogen and oxygen atoms in total. The van der Waals surface area contributed by atoms with Gasteiger partial charge in [0.05, 0.1) is 17.6 Å². The van der Waals surface area contributed by atoms with Crippen molar-refractivity contribution in [2.75, 3.05) is 6.54 Å². The van der Waals surface area contributed by atoms with Crippen LogP contribution in [0.1, 0.15) is 92.5 Å². The highest BCUT2D eigenvalue weighted by molar-refractivity contribution is 7.77. The largest absolute Gasteiger partial charge is 0.755 e. The molecule has 1 heterocycles. The number of carbonyl (C=O) groups excluding carboxylic acids is 1. The number of amides is 1. The van der Waals surface area contributed by atoms with Gasteiger partial charge in [-0.3, -0.25) is 13.3 Å². The maximum absolute atomic E-state index is 13.0. The molecule has 1 unspecified atom stereocenters. The summed E-state index contributed by atoms with van der Waals surface area (Å²) in [7, 11) is 0. The van der Waals surface area contributed by atoms with E-state index < -0.39 is 17.2 Å². The van der Waals surface area contributed by atoms with E-state index >= 15 is 0 Å². The van der Waals surface area contributed by atoms with E-state index in [0.717, 1.165) is 51.0 Å². The van der Waals surface area contributed by atoms with Crippen LogP contribution in [0.25, 0.3) is 11.0 Å². The summed E-state index contributed by atoms with van der Waals surface area (Å²) < 4.78 is 26.4. The van der Waals surface area contributed by atoms with Gasteiger partial charge < -0.3 is 9.12 Å². The Kier molecular flexibility index (Phi) is 11.0. The van der Waals surface area contributed by atoms with Gasteiger partial charge >= 0.3 is 0 Å². The van der Waals surface area contributed by atoms with E-state index in [9.17, 15) is 13.6 Å². The van der Waals surface area contributed by atoms with E-state index in [1.807, 2.05) is 18.4 Å². The summed E-state index contributed by atoms with van der Waals surface area (Å²) in [5.74, 6) is 0.283. The summed E-state index contributed by atoms with van der Waals surface area (Å²) in [4.78, 5) is 17.7. The molecule has 0 radical (unpaired) electrons. The maximum Gasteiger partial charge on any atom is 0.264 e. The predicted molar refractivity (Wildman–Crippen MR) is 147 cm³/mol. The van der Waals surface area contributed by atoms with Crippen molar-refractivity contribution in [3.05, 3.63) is 63.9 Å². The molecule has 196 valence electrons. The molecule has 0 fully saturated rings. The number of benzene rings is 2. The summed E-state index contributed by atoms with van der Waals surface area (Å²) in [6.07, 6.45) is 9.70. The average Bonchev–Trinajstić information content (AvgIpc) is 3.16. The number of rotatable bonds is 14. The Morgan fingerprint density at radius 1 is 1.03 bits per heavy atom. The predicted octanol–water partition coefficient (Wildman–Crippen LogP) is 6.99. The van der Waals surface area contributed by atoms with Crippen LogP contribution in [0.2, 0.25) is 5.02 Å². The Labute approximate surface area is 222 Å². The topological polar surface area (TPSA) is 78.3 Å². The molecule has 3 rings (SSSR count). The molecule has 0 aliphatic rings. The van der Waals surface area contributed by atoms with Crippen LogP contribution in [-0.4, -0.2) is 35.1 Å². The lowest BCUT2D eigenvalue weighted by Gasteiger charge is -2.24. The number of aromatic nitrogens is 2. The van der Waals surface area contributed by atoms with Crippen molar-refractivity contribution in [1.29, 1.82) is 0 Å². The second-order valence-corrected chi connectivity index (χ2v) is 10.7. The molecule has 3 aromatic rings. The van der Waals surface area contributed by atoms with Crippen molar-refractivity contribution in [1.82, 2.24) is 13.9 Å². The van der Waals surface area contributed by atoms with Crippen LogP contribution in [0.3, 0.4) is 0 Å². The third-order valence-electron chi connectivity index (χ3n) is 6.57. The fraction of sp³-hybridized carbons (Fsp3) is 0.500. The first-order valence-corrected chi connectivity index (χ1v) is 14.4. The molecular formula is C28H37ClN3O3S-. The molecule has 1 aromatic heterocycles. The molecule has 0 aliphatic heterocycles. The Hall–Kier alpha value is -2.22. The third kappa shape index (κ3) is 7.40. The van der Waals surface area contributed by atoms with Gasteiger partial charge in [0.2, 0.25) is 0 Å². The minimum atomic E-state index is -2.62. The zero-order valence-corrected chi connectivity index (χ0v) is 23.2. The molecule has 36 heavy (non-hydrogen) atoms. The normalized spacial score (nSPS) is 12.2. The van der Waals surface area contributed by atoms with Gasteiger partial charge in [0.1, 0.15) is 5.82 Å². The van der Waals surface area contributed by atoms with Crippen molar-refractivity contribution in [3.8, 4) is 0 Å². The SMILES string of the molecule is CCCCCCCc1ccc(Cn2c(C)nc3ccc(C(=O)N(CCCCC)S(=O)[O-])cc32)c(Cl)c1. The van der Waals surface area contributed by atoms with Crippen LogP contribution in [0.4, 0.5) is 0 Å². The highest BCUT2D eigenvalue weighted by atomic mass is 35.5. The quantitative estimate of drug-likeness (QED) is 0.166. The molecule has 1 amide bonds. The summed E-state index contributed by atoms with van der Waals surface area (Å²) >= 11 is 4.05. The van der Waals surface area contributed by atoms with Gasteiger partial charge in [-0.05, 0) is 61.6 Å². The van der Waals surface area contributed by atoms with E-state index in [1.165, 1.54) is 37.7 Å². The fourth-order valence-corrected chi connectivity index (χ4v) is 5.23. The van der Waals surface area contributed by atoms with Crippen molar-refractivity contribution in [2.45, 2.75) is 85.1 Å². The van der Waals surface area contributed by atoms with E-state index in [2.05, 4.69) is 30.1 Å². The fourth-order valence-electron chi connectivity index (χ4n) is 4.45. The van der Waals surface area contributed by atoms with Crippen molar-refractivity contribution < 1.29 is 13.6 Å². The maximum atomic E-state index is 13.0. The molecule has 2 aromatic carbocycles. The first-order chi connectivity index (χ1) is 17.3. The molecule has 0 aliphatic carbocycles. The summed E-state index contributed by atoms with van der Waals surface area (Å²) in [6.45, 7) is 6.87. The van der Waals surface area contributed by atoms with Gasteiger partial charge in [-0.15, -0.1) is 0 Å². The lowest BCUT2D eigenvalue weighted by atomic mass is 10.0. The average molecular weight is 531 g/mol.